The van der Waals surface area contributed by atoms with E-state index in [0.717, 1.165) is 41.5 Å². The number of benzene rings is 1. The van der Waals surface area contributed by atoms with E-state index in [9.17, 15) is 5.11 Å². The molecule has 7 heteroatoms. The van der Waals surface area contributed by atoms with Gasteiger partial charge in [0.25, 0.3) is 0 Å². The van der Waals surface area contributed by atoms with E-state index in [0.29, 0.717) is 5.96 Å². The Bertz CT molecular complexity index is 726. The lowest BCUT2D eigenvalue weighted by Crippen LogP contribution is -2.39. The van der Waals surface area contributed by atoms with Crippen molar-refractivity contribution in [2.45, 2.75) is 40.2 Å². The number of aliphatic imine (C=N–C) groups is 1. The summed E-state index contributed by atoms with van der Waals surface area (Å²) in [4.78, 5) is 10.3. The van der Waals surface area contributed by atoms with E-state index in [4.69, 9.17) is 4.74 Å². The summed E-state index contributed by atoms with van der Waals surface area (Å²) < 4.78 is 5.63. The molecule has 1 unspecified atom stereocenters. The maximum Gasteiger partial charge on any atom is 0.191 e. The van der Waals surface area contributed by atoms with Gasteiger partial charge in [0.1, 0.15) is 18.5 Å². The van der Waals surface area contributed by atoms with Gasteiger partial charge in [-0.3, -0.25) is 4.99 Å². The second-order valence-electron chi connectivity index (χ2n) is 6.43. The molecule has 1 heterocycles. The second kappa shape index (κ2) is 10.9. The number of hydrogen-bond acceptors (Lipinski definition) is 5. The summed E-state index contributed by atoms with van der Waals surface area (Å²) >= 11 is 1.74. The number of thiazole rings is 1. The summed E-state index contributed by atoms with van der Waals surface area (Å²) in [7, 11) is 0. The number of rotatable bonds is 9. The van der Waals surface area contributed by atoms with Crippen molar-refractivity contribution in [3.63, 3.8) is 0 Å². The Kier molecular flexibility index (Phi) is 8.54. The summed E-state index contributed by atoms with van der Waals surface area (Å²) in [5, 5.41) is 17.7. The van der Waals surface area contributed by atoms with Gasteiger partial charge in [0.2, 0.25) is 0 Å². The van der Waals surface area contributed by atoms with Crippen LogP contribution in [-0.4, -0.2) is 48.4 Å². The molecule has 0 aliphatic rings. The van der Waals surface area contributed by atoms with Gasteiger partial charge in [-0.1, -0.05) is 12.1 Å². The Labute approximate surface area is 165 Å². The largest absolute Gasteiger partial charge is 0.491 e. The lowest BCUT2D eigenvalue weighted by atomic mass is 10.2. The van der Waals surface area contributed by atoms with Gasteiger partial charge in [-0.25, -0.2) is 4.98 Å². The third kappa shape index (κ3) is 7.56. The topological polar surface area (TPSA) is 78.8 Å². The Balaban J connectivity index is 1.77. The fourth-order valence-corrected chi connectivity index (χ4v) is 3.36. The van der Waals surface area contributed by atoms with Crippen LogP contribution in [0.1, 0.15) is 28.1 Å². The molecule has 0 saturated carbocycles. The fourth-order valence-electron chi connectivity index (χ4n) is 2.42. The number of hydrogen-bond donors (Lipinski definition) is 3. The van der Waals surface area contributed by atoms with Crippen LogP contribution >= 0.6 is 11.3 Å². The zero-order valence-corrected chi connectivity index (χ0v) is 17.4. The van der Waals surface area contributed by atoms with Gasteiger partial charge in [0.05, 0.1) is 17.2 Å². The van der Waals surface area contributed by atoms with Gasteiger partial charge in [-0.2, -0.15) is 0 Å². The van der Waals surface area contributed by atoms with Crippen molar-refractivity contribution in [1.29, 1.82) is 0 Å². The molecule has 0 amide bonds. The Morgan fingerprint density at radius 2 is 2.11 bits per heavy atom. The van der Waals surface area contributed by atoms with E-state index in [1.165, 1.54) is 4.88 Å². The summed E-state index contributed by atoms with van der Waals surface area (Å²) in [6.07, 6.45) is 0.188. The number of nitrogens with one attached hydrogen (secondary N) is 2. The van der Waals surface area contributed by atoms with Crippen molar-refractivity contribution in [1.82, 2.24) is 15.6 Å². The molecule has 0 bridgehead atoms. The first-order valence-electron chi connectivity index (χ1n) is 9.30. The Morgan fingerprint density at radius 1 is 1.30 bits per heavy atom. The van der Waals surface area contributed by atoms with Crippen LogP contribution in [0.4, 0.5) is 0 Å². The average Bonchev–Trinajstić information content (AvgIpc) is 2.95. The van der Waals surface area contributed by atoms with Crippen LogP contribution in [0.3, 0.4) is 0 Å². The molecule has 0 aliphatic heterocycles. The van der Waals surface area contributed by atoms with E-state index in [-0.39, 0.29) is 13.2 Å². The molecule has 0 saturated heterocycles. The molecule has 27 heavy (non-hydrogen) atoms. The minimum absolute atomic E-state index is 0.212. The third-order valence-corrected chi connectivity index (χ3v) is 5.07. The van der Waals surface area contributed by atoms with E-state index in [1.54, 1.807) is 11.3 Å². The van der Waals surface area contributed by atoms with E-state index < -0.39 is 6.10 Å². The van der Waals surface area contributed by atoms with Crippen molar-refractivity contribution in [2.24, 2.45) is 4.99 Å². The molecule has 2 aromatic rings. The number of nitrogens with zero attached hydrogens (tertiary/aromatic N) is 2. The first kappa shape index (κ1) is 21.2. The fraction of sp³-hybridized carbons (Fsp3) is 0.500. The van der Waals surface area contributed by atoms with Gasteiger partial charge in [-0.15, -0.1) is 11.3 Å². The molecule has 3 N–H and O–H groups in total. The predicted molar refractivity (Wildman–Crippen MR) is 112 cm³/mol. The molecule has 0 spiro atoms. The van der Waals surface area contributed by atoms with Gasteiger partial charge >= 0.3 is 0 Å². The van der Waals surface area contributed by atoms with Crippen molar-refractivity contribution in [2.75, 3.05) is 26.2 Å². The number of ether oxygens (including phenoxy) is 1. The molecule has 0 fully saturated rings. The SMILES string of the molecule is CCNC(=NCC(O)COc1cccc(C)c1)NCCc1nc(C)c(C)s1. The quantitative estimate of drug-likeness (QED) is 0.453. The first-order chi connectivity index (χ1) is 13.0. The van der Waals surface area contributed by atoms with Gasteiger partial charge in [-0.05, 0) is 45.4 Å². The van der Waals surface area contributed by atoms with Crippen molar-refractivity contribution in [3.05, 3.63) is 45.4 Å². The normalized spacial score (nSPS) is 12.7. The number of aliphatic hydroxyl groups excluding tert-OH is 1. The van der Waals surface area contributed by atoms with Crippen LogP contribution in [0.25, 0.3) is 0 Å². The second-order valence-corrected chi connectivity index (χ2v) is 7.71. The number of aryl methyl sites for hydroxylation is 3. The average molecular weight is 391 g/mol. The minimum atomic E-state index is -0.662. The maximum absolute atomic E-state index is 10.1. The highest BCUT2D eigenvalue weighted by Gasteiger charge is 2.07. The highest BCUT2D eigenvalue weighted by Crippen LogP contribution is 2.16. The molecule has 6 nitrogen and oxygen atoms in total. The van der Waals surface area contributed by atoms with Crippen LogP contribution in [0.15, 0.2) is 29.3 Å². The minimum Gasteiger partial charge on any atom is -0.491 e. The number of aliphatic hydroxyl groups is 1. The molecule has 1 aromatic heterocycles. The van der Waals surface area contributed by atoms with Crippen LogP contribution in [0, 0.1) is 20.8 Å². The third-order valence-electron chi connectivity index (χ3n) is 3.94. The Morgan fingerprint density at radius 3 is 2.78 bits per heavy atom. The molecule has 0 radical (unpaired) electrons. The summed E-state index contributed by atoms with van der Waals surface area (Å²) in [6.45, 7) is 10.1. The lowest BCUT2D eigenvalue weighted by molar-refractivity contribution is 0.114. The smallest absolute Gasteiger partial charge is 0.191 e. The highest BCUT2D eigenvalue weighted by atomic mass is 32.1. The summed E-state index contributed by atoms with van der Waals surface area (Å²) in [6, 6.07) is 7.78. The van der Waals surface area contributed by atoms with Crippen molar-refractivity contribution < 1.29 is 9.84 Å². The van der Waals surface area contributed by atoms with Gasteiger partial charge in [0.15, 0.2) is 5.96 Å². The van der Waals surface area contributed by atoms with Gasteiger partial charge in [0, 0.05) is 24.4 Å². The molecule has 148 valence electrons. The number of aromatic nitrogens is 1. The lowest BCUT2D eigenvalue weighted by Gasteiger charge is -2.13. The van der Waals surface area contributed by atoms with Crippen LogP contribution in [0.2, 0.25) is 0 Å². The maximum atomic E-state index is 10.1. The molecule has 1 aromatic carbocycles. The van der Waals surface area contributed by atoms with Gasteiger partial charge < -0.3 is 20.5 Å². The van der Waals surface area contributed by atoms with Crippen LogP contribution < -0.4 is 15.4 Å². The Hall–Kier alpha value is -2.12. The molecular weight excluding hydrogens is 360 g/mol. The monoisotopic (exact) mass is 390 g/mol. The highest BCUT2D eigenvalue weighted by molar-refractivity contribution is 7.11. The van der Waals surface area contributed by atoms with E-state index in [2.05, 4.69) is 27.5 Å². The standard InChI is InChI=1S/C20H30N4O2S/c1-5-21-20(22-10-9-19-24-15(3)16(4)27-19)23-12-17(25)13-26-18-8-6-7-14(2)11-18/h6-8,11,17,25H,5,9-10,12-13H2,1-4H3,(H2,21,22,23). The molecule has 1 atom stereocenters. The molecule has 2 rings (SSSR count). The molecule has 0 aliphatic carbocycles. The number of guanidine groups is 1. The first-order valence-corrected chi connectivity index (χ1v) is 10.1. The van der Waals surface area contributed by atoms with Crippen LogP contribution in [-0.2, 0) is 6.42 Å². The van der Waals surface area contributed by atoms with E-state index in [1.807, 2.05) is 45.0 Å². The zero-order chi connectivity index (χ0) is 19.6. The molecular formula is C20H30N4O2S. The predicted octanol–water partition coefficient (Wildman–Crippen LogP) is 2.61. The van der Waals surface area contributed by atoms with E-state index >= 15 is 0 Å². The van der Waals surface area contributed by atoms with Crippen molar-refractivity contribution in [3.8, 4) is 5.75 Å². The summed E-state index contributed by atoms with van der Waals surface area (Å²) in [5.74, 6) is 1.45. The van der Waals surface area contributed by atoms with Crippen LogP contribution in [0.5, 0.6) is 5.75 Å². The summed E-state index contributed by atoms with van der Waals surface area (Å²) in [5.41, 5.74) is 2.23. The zero-order valence-electron chi connectivity index (χ0n) is 16.6. The van der Waals surface area contributed by atoms with Crippen molar-refractivity contribution >= 4 is 17.3 Å².